The molecule has 1 aliphatic carbocycles. The number of ketones is 1. The molecule has 1 rings (SSSR count). The van der Waals surface area contributed by atoms with Crippen LogP contribution in [0.15, 0.2) is 47.1 Å². The summed E-state index contributed by atoms with van der Waals surface area (Å²) in [6.45, 7) is 8.31. The third-order valence-electron chi connectivity index (χ3n) is 4.74. The minimum Gasteiger partial charge on any atom is -0.468 e. The molecule has 4 nitrogen and oxygen atoms in total. The van der Waals surface area contributed by atoms with Crippen LogP contribution in [-0.2, 0) is 14.3 Å². The minimum atomic E-state index is -1.31. The first-order valence-corrected chi connectivity index (χ1v) is 9.15. The average molecular weight is 360 g/mol. The molecule has 2 atom stereocenters. The van der Waals surface area contributed by atoms with Crippen molar-refractivity contribution in [3.8, 4) is 0 Å². The lowest BCUT2D eigenvalue weighted by Gasteiger charge is -2.31. The number of esters is 1. The van der Waals surface area contributed by atoms with Gasteiger partial charge in [0.2, 0.25) is 0 Å². The van der Waals surface area contributed by atoms with Crippen molar-refractivity contribution in [2.45, 2.75) is 65.9 Å². The van der Waals surface area contributed by atoms with E-state index < -0.39 is 17.5 Å². The SMILES string of the molecule is COC(=O)[C@]1(C/C=C(\C)CC/C=C(\C)CC=C(C)C)C[C@@H](O)C=CC1=O. The van der Waals surface area contributed by atoms with E-state index in [0.717, 1.165) is 24.8 Å². The molecule has 0 saturated heterocycles. The van der Waals surface area contributed by atoms with E-state index in [1.54, 1.807) is 0 Å². The molecule has 0 radical (unpaired) electrons. The van der Waals surface area contributed by atoms with Crippen LogP contribution < -0.4 is 0 Å². The predicted octanol–water partition coefficient (Wildman–Crippen LogP) is 4.45. The summed E-state index contributed by atoms with van der Waals surface area (Å²) in [5.41, 5.74) is 2.46. The molecule has 0 amide bonds. The van der Waals surface area contributed by atoms with E-state index in [1.807, 2.05) is 13.0 Å². The van der Waals surface area contributed by atoms with Crippen molar-refractivity contribution >= 4 is 11.8 Å². The maximum absolute atomic E-state index is 12.4. The molecule has 0 aromatic heterocycles. The van der Waals surface area contributed by atoms with E-state index in [-0.39, 0.29) is 18.6 Å². The van der Waals surface area contributed by atoms with Crippen LogP contribution in [0.25, 0.3) is 0 Å². The van der Waals surface area contributed by atoms with Gasteiger partial charge in [0.1, 0.15) is 5.41 Å². The van der Waals surface area contributed by atoms with Gasteiger partial charge in [0.25, 0.3) is 0 Å². The van der Waals surface area contributed by atoms with E-state index >= 15 is 0 Å². The minimum absolute atomic E-state index is 0.0699. The van der Waals surface area contributed by atoms with Gasteiger partial charge in [0, 0.05) is 6.42 Å². The normalized spacial score (nSPS) is 23.8. The Balaban J connectivity index is 2.74. The molecule has 0 aromatic rings. The highest BCUT2D eigenvalue weighted by Crippen LogP contribution is 2.36. The lowest BCUT2D eigenvalue weighted by molar-refractivity contribution is -0.158. The number of aliphatic hydroxyl groups is 1. The van der Waals surface area contributed by atoms with Crippen LogP contribution in [0, 0.1) is 5.41 Å². The van der Waals surface area contributed by atoms with Crippen LogP contribution >= 0.6 is 0 Å². The molecule has 144 valence electrons. The highest BCUT2D eigenvalue weighted by atomic mass is 16.5. The van der Waals surface area contributed by atoms with Crippen LogP contribution in [-0.4, -0.2) is 30.1 Å². The zero-order chi connectivity index (χ0) is 19.7. The Morgan fingerprint density at radius 2 is 1.92 bits per heavy atom. The quantitative estimate of drug-likeness (QED) is 0.394. The van der Waals surface area contributed by atoms with E-state index in [9.17, 15) is 14.7 Å². The van der Waals surface area contributed by atoms with Crippen molar-refractivity contribution in [2.75, 3.05) is 7.11 Å². The van der Waals surface area contributed by atoms with Crippen molar-refractivity contribution in [1.29, 1.82) is 0 Å². The van der Waals surface area contributed by atoms with Gasteiger partial charge in [-0.2, -0.15) is 0 Å². The van der Waals surface area contributed by atoms with Gasteiger partial charge in [-0.1, -0.05) is 41.0 Å². The first-order valence-electron chi connectivity index (χ1n) is 9.15. The maximum atomic E-state index is 12.4. The van der Waals surface area contributed by atoms with E-state index in [1.165, 1.54) is 30.4 Å². The molecule has 0 unspecified atom stereocenters. The summed E-state index contributed by atoms with van der Waals surface area (Å²) in [5, 5.41) is 9.88. The maximum Gasteiger partial charge on any atom is 0.320 e. The van der Waals surface area contributed by atoms with E-state index in [4.69, 9.17) is 4.74 Å². The number of hydrogen-bond acceptors (Lipinski definition) is 4. The molecule has 0 aromatic carbocycles. The van der Waals surface area contributed by atoms with Crippen molar-refractivity contribution in [3.63, 3.8) is 0 Å². The summed E-state index contributed by atoms with van der Waals surface area (Å²) in [6.07, 6.45) is 11.4. The fourth-order valence-corrected chi connectivity index (χ4v) is 2.98. The summed E-state index contributed by atoms with van der Waals surface area (Å²) in [5.74, 6) is -0.872. The largest absolute Gasteiger partial charge is 0.468 e. The highest BCUT2D eigenvalue weighted by Gasteiger charge is 2.47. The Kier molecular flexibility index (Phi) is 8.73. The lowest BCUT2D eigenvalue weighted by atomic mass is 9.72. The zero-order valence-corrected chi connectivity index (χ0v) is 16.7. The van der Waals surface area contributed by atoms with Crippen LogP contribution in [0.4, 0.5) is 0 Å². The Bertz CT molecular complexity index is 633. The summed E-state index contributed by atoms with van der Waals surface area (Å²) >= 11 is 0. The van der Waals surface area contributed by atoms with Gasteiger partial charge in [-0.3, -0.25) is 9.59 Å². The molecule has 0 heterocycles. The van der Waals surface area contributed by atoms with Crippen molar-refractivity contribution in [2.24, 2.45) is 5.41 Å². The van der Waals surface area contributed by atoms with Crippen molar-refractivity contribution < 1.29 is 19.4 Å². The van der Waals surface area contributed by atoms with E-state index in [0.29, 0.717) is 0 Å². The molecule has 0 bridgehead atoms. The number of ether oxygens (including phenoxy) is 1. The summed E-state index contributed by atoms with van der Waals surface area (Å²) < 4.78 is 4.85. The molecule has 1 N–H and O–H groups in total. The smallest absolute Gasteiger partial charge is 0.320 e. The zero-order valence-electron chi connectivity index (χ0n) is 16.7. The molecular weight excluding hydrogens is 328 g/mol. The number of hydrogen-bond donors (Lipinski definition) is 1. The average Bonchev–Trinajstić information content (AvgIpc) is 2.60. The molecular formula is C22H32O4. The van der Waals surface area contributed by atoms with Crippen LogP contribution in [0.3, 0.4) is 0 Å². The van der Waals surface area contributed by atoms with Crippen LogP contribution in [0.5, 0.6) is 0 Å². The second-order valence-corrected chi connectivity index (χ2v) is 7.40. The monoisotopic (exact) mass is 360 g/mol. The highest BCUT2D eigenvalue weighted by molar-refractivity contribution is 6.10. The number of allylic oxidation sites excluding steroid dienone is 7. The summed E-state index contributed by atoms with van der Waals surface area (Å²) in [7, 11) is 1.28. The summed E-state index contributed by atoms with van der Waals surface area (Å²) in [4.78, 5) is 24.6. The van der Waals surface area contributed by atoms with Gasteiger partial charge < -0.3 is 9.84 Å². The van der Waals surface area contributed by atoms with E-state index in [2.05, 4.69) is 32.9 Å². The van der Waals surface area contributed by atoms with Gasteiger partial charge in [0.05, 0.1) is 13.2 Å². The Hall–Kier alpha value is -1.94. The first-order chi connectivity index (χ1) is 12.2. The van der Waals surface area contributed by atoms with Crippen LogP contribution in [0.1, 0.15) is 59.8 Å². The molecule has 26 heavy (non-hydrogen) atoms. The predicted molar refractivity (Wildman–Crippen MR) is 105 cm³/mol. The van der Waals surface area contributed by atoms with Gasteiger partial charge in [-0.25, -0.2) is 0 Å². The molecule has 4 heteroatoms. The molecule has 0 aliphatic heterocycles. The van der Waals surface area contributed by atoms with Gasteiger partial charge in [-0.05, 0) is 59.5 Å². The fourth-order valence-electron chi connectivity index (χ4n) is 2.98. The Morgan fingerprint density at radius 3 is 2.54 bits per heavy atom. The number of carbonyl (C=O) groups excluding carboxylic acids is 2. The Morgan fingerprint density at radius 1 is 1.23 bits per heavy atom. The lowest BCUT2D eigenvalue weighted by Crippen LogP contribution is -2.44. The van der Waals surface area contributed by atoms with Crippen molar-refractivity contribution in [1.82, 2.24) is 0 Å². The number of methoxy groups -OCH3 is 1. The number of carbonyl (C=O) groups is 2. The Labute approximate surface area is 157 Å². The van der Waals surface area contributed by atoms with Gasteiger partial charge >= 0.3 is 5.97 Å². The molecule has 0 fully saturated rings. The third kappa shape index (κ3) is 6.41. The molecule has 0 saturated carbocycles. The third-order valence-corrected chi connectivity index (χ3v) is 4.74. The molecule has 1 aliphatic rings. The van der Waals surface area contributed by atoms with Crippen molar-refractivity contribution in [3.05, 3.63) is 47.1 Å². The topological polar surface area (TPSA) is 63.6 Å². The molecule has 0 spiro atoms. The first kappa shape index (κ1) is 22.1. The fraction of sp³-hybridized carbons (Fsp3) is 0.545. The van der Waals surface area contributed by atoms with Gasteiger partial charge in [-0.15, -0.1) is 0 Å². The van der Waals surface area contributed by atoms with Gasteiger partial charge in [0.15, 0.2) is 5.78 Å². The van der Waals surface area contributed by atoms with Crippen LogP contribution in [0.2, 0.25) is 0 Å². The number of rotatable bonds is 8. The second kappa shape index (κ2) is 10.3. The number of aliphatic hydroxyl groups excluding tert-OH is 1. The second-order valence-electron chi connectivity index (χ2n) is 7.40. The standard InChI is InChI=1S/C22H32O4/c1-16(2)9-10-17(3)7-6-8-18(4)13-14-22(21(25)26-5)15-19(23)11-12-20(22)24/h7,9,11-13,19,23H,6,8,10,14-15H2,1-5H3/b17-7+,18-13+/t19-,22+/m0/s1. The summed E-state index contributed by atoms with van der Waals surface area (Å²) in [6, 6.07) is 0.